The van der Waals surface area contributed by atoms with E-state index in [9.17, 15) is 4.39 Å². The Bertz CT molecular complexity index is 278. The number of hydrogen-bond donors (Lipinski definition) is 1. The third-order valence-corrected chi connectivity index (χ3v) is 2.21. The number of methoxy groups -OCH3 is 1. The van der Waals surface area contributed by atoms with E-state index in [-0.39, 0.29) is 6.67 Å². The summed E-state index contributed by atoms with van der Waals surface area (Å²) in [6.45, 7) is 1.39. The Hall–Kier alpha value is -1.09. The first kappa shape index (κ1) is 12.0. The number of halogens is 1. The first-order valence-electron chi connectivity index (χ1n) is 5.26. The fourth-order valence-corrected chi connectivity index (χ4v) is 1.38. The highest BCUT2D eigenvalue weighted by atomic mass is 19.1. The van der Waals surface area contributed by atoms with Crippen molar-refractivity contribution in [2.45, 2.75) is 12.8 Å². The van der Waals surface area contributed by atoms with Gasteiger partial charge in [0.15, 0.2) is 0 Å². The van der Waals surface area contributed by atoms with Crippen molar-refractivity contribution in [1.82, 2.24) is 5.32 Å². The van der Waals surface area contributed by atoms with Crippen molar-refractivity contribution < 1.29 is 9.13 Å². The molecule has 0 unspecified atom stereocenters. The molecule has 0 aromatic heterocycles. The normalized spacial score (nSPS) is 10.3. The number of ether oxygens (including phenoxy) is 1. The highest BCUT2D eigenvalue weighted by molar-refractivity contribution is 5.28. The quantitative estimate of drug-likeness (QED) is 0.698. The van der Waals surface area contributed by atoms with E-state index in [1.54, 1.807) is 7.11 Å². The van der Waals surface area contributed by atoms with Crippen LogP contribution in [-0.4, -0.2) is 26.9 Å². The Morgan fingerprint density at radius 2 is 2.20 bits per heavy atom. The van der Waals surface area contributed by atoms with Crippen LogP contribution >= 0.6 is 0 Å². The smallest absolute Gasteiger partial charge is 0.119 e. The second-order valence-electron chi connectivity index (χ2n) is 3.39. The molecule has 1 aromatic carbocycles. The van der Waals surface area contributed by atoms with Gasteiger partial charge in [-0.1, -0.05) is 12.1 Å². The minimum Gasteiger partial charge on any atom is -0.497 e. The molecule has 0 saturated carbocycles. The molecule has 0 aliphatic rings. The van der Waals surface area contributed by atoms with Crippen LogP contribution in [0.3, 0.4) is 0 Å². The summed E-state index contributed by atoms with van der Waals surface area (Å²) < 4.78 is 16.9. The van der Waals surface area contributed by atoms with Gasteiger partial charge in [-0.25, -0.2) is 0 Å². The fourth-order valence-electron chi connectivity index (χ4n) is 1.38. The third-order valence-electron chi connectivity index (χ3n) is 2.21. The molecule has 1 aromatic rings. The lowest BCUT2D eigenvalue weighted by molar-refractivity contribution is 0.414. The molecule has 0 fully saturated rings. The molecule has 3 heteroatoms. The summed E-state index contributed by atoms with van der Waals surface area (Å²) in [6.07, 6.45) is 1.54. The van der Waals surface area contributed by atoms with E-state index in [0.29, 0.717) is 6.42 Å². The lowest BCUT2D eigenvalue weighted by Gasteiger charge is -2.05. The third kappa shape index (κ3) is 4.79. The van der Waals surface area contributed by atoms with Gasteiger partial charge in [0.05, 0.1) is 13.8 Å². The summed E-state index contributed by atoms with van der Waals surface area (Å²) in [7, 11) is 1.67. The Labute approximate surface area is 90.4 Å². The molecular weight excluding hydrogens is 193 g/mol. The maximum absolute atomic E-state index is 11.8. The van der Waals surface area contributed by atoms with Crippen LogP contribution in [0.5, 0.6) is 5.75 Å². The van der Waals surface area contributed by atoms with Gasteiger partial charge >= 0.3 is 0 Å². The molecule has 15 heavy (non-hydrogen) atoms. The Morgan fingerprint density at radius 3 is 2.93 bits per heavy atom. The van der Waals surface area contributed by atoms with Crippen LogP contribution in [0, 0.1) is 0 Å². The van der Waals surface area contributed by atoms with E-state index in [2.05, 4.69) is 11.4 Å². The molecule has 0 radical (unpaired) electrons. The monoisotopic (exact) mass is 211 g/mol. The van der Waals surface area contributed by atoms with Crippen LogP contribution in [-0.2, 0) is 6.42 Å². The summed E-state index contributed by atoms with van der Waals surface area (Å²) in [4.78, 5) is 0. The van der Waals surface area contributed by atoms with Crippen LogP contribution in [0.2, 0.25) is 0 Å². The molecule has 1 rings (SSSR count). The van der Waals surface area contributed by atoms with E-state index >= 15 is 0 Å². The number of rotatable bonds is 7. The van der Waals surface area contributed by atoms with E-state index in [4.69, 9.17) is 4.74 Å². The second kappa shape index (κ2) is 7.23. The van der Waals surface area contributed by atoms with Crippen molar-refractivity contribution in [3.63, 3.8) is 0 Å². The standard InChI is InChI=1S/C12H18FNO/c1-15-12-5-2-4-11(10-12)6-9-14-8-3-7-13/h2,4-5,10,14H,3,6-9H2,1H3. The summed E-state index contributed by atoms with van der Waals surface area (Å²) in [5.41, 5.74) is 1.24. The lowest BCUT2D eigenvalue weighted by Crippen LogP contribution is -2.18. The maximum atomic E-state index is 11.8. The predicted octanol–water partition coefficient (Wildman–Crippen LogP) is 2.19. The molecule has 0 aliphatic heterocycles. The molecule has 2 nitrogen and oxygen atoms in total. The van der Waals surface area contributed by atoms with Crippen molar-refractivity contribution >= 4 is 0 Å². The van der Waals surface area contributed by atoms with Crippen LogP contribution in [0.1, 0.15) is 12.0 Å². The van der Waals surface area contributed by atoms with Crippen LogP contribution in [0.15, 0.2) is 24.3 Å². The molecule has 0 amide bonds. The van der Waals surface area contributed by atoms with E-state index in [1.165, 1.54) is 5.56 Å². The molecular formula is C12H18FNO. The van der Waals surface area contributed by atoms with Crippen LogP contribution < -0.4 is 10.1 Å². The molecule has 1 N–H and O–H groups in total. The average Bonchev–Trinajstić information content (AvgIpc) is 2.29. The molecule has 0 heterocycles. The minimum absolute atomic E-state index is 0.244. The Balaban J connectivity index is 2.24. The molecule has 0 aliphatic carbocycles. The highest BCUT2D eigenvalue weighted by Gasteiger charge is 1.95. The zero-order chi connectivity index (χ0) is 10.9. The van der Waals surface area contributed by atoms with Crippen LogP contribution in [0.4, 0.5) is 4.39 Å². The topological polar surface area (TPSA) is 21.3 Å². The largest absolute Gasteiger partial charge is 0.497 e. The van der Waals surface area contributed by atoms with Crippen molar-refractivity contribution in [2.24, 2.45) is 0 Å². The Morgan fingerprint density at radius 1 is 1.33 bits per heavy atom. The number of benzene rings is 1. The molecule has 0 atom stereocenters. The lowest BCUT2D eigenvalue weighted by atomic mass is 10.1. The fraction of sp³-hybridized carbons (Fsp3) is 0.500. The predicted molar refractivity (Wildman–Crippen MR) is 60.2 cm³/mol. The van der Waals surface area contributed by atoms with Crippen molar-refractivity contribution in [2.75, 3.05) is 26.9 Å². The SMILES string of the molecule is COc1cccc(CCNCCCF)c1. The van der Waals surface area contributed by atoms with Gasteiger partial charge in [-0.2, -0.15) is 0 Å². The second-order valence-corrected chi connectivity index (χ2v) is 3.39. The molecule has 0 bridgehead atoms. The first-order chi connectivity index (χ1) is 7.36. The summed E-state index contributed by atoms with van der Waals surface area (Å²) >= 11 is 0. The van der Waals surface area contributed by atoms with Gasteiger partial charge in [0.25, 0.3) is 0 Å². The van der Waals surface area contributed by atoms with Gasteiger partial charge in [0.1, 0.15) is 5.75 Å². The summed E-state index contributed by atoms with van der Waals surface area (Å²) in [6, 6.07) is 8.01. The van der Waals surface area contributed by atoms with E-state index < -0.39 is 0 Å². The zero-order valence-corrected chi connectivity index (χ0v) is 9.13. The van der Waals surface area contributed by atoms with Gasteiger partial charge in [0.2, 0.25) is 0 Å². The average molecular weight is 211 g/mol. The van der Waals surface area contributed by atoms with Crippen LogP contribution in [0.25, 0.3) is 0 Å². The van der Waals surface area contributed by atoms with Gasteiger partial charge in [-0.3, -0.25) is 4.39 Å². The number of nitrogens with one attached hydrogen (secondary N) is 1. The first-order valence-corrected chi connectivity index (χ1v) is 5.26. The Kier molecular flexibility index (Phi) is 5.78. The van der Waals surface area contributed by atoms with Crippen molar-refractivity contribution in [3.8, 4) is 5.75 Å². The molecule has 0 spiro atoms. The number of hydrogen-bond acceptors (Lipinski definition) is 2. The van der Waals surface area contributed by atoms with Gasteiger partial charge in [0, 0.05) is 0 Å². The molecule has 84 valence electrons. The highest BCUT2D eigenvalue weighted by Crippen LogP contribution is 2.12. The van der Waals surface area contributed by atoms with Crippen molar-refractivity contribution in [1.29, 1.82) is 0 Å². The number of alkyl halides is 1. The van der Waals surface area contributed by atoms with E-state index in [0.717, 1.165) is 25.3 Å². The maximum Gasteiger partial charge on any atom is 0.119 e. The van der Waals surface area contributed by atoms with E-state index in [1.807, 2.05) is 18.2 Å². The van der Waals surface area contributed by atoms with Crippen molar-refractivity contribution in [3.05, 3.63) is 29.8 Å². The summed E-state index contributed by atoms with van der Waals surface area (Å²) in [5, 5.41) is 3.19. The van der Waals surface area contributed by atoms with Gasteiger partial charge in [-0.15, -0.1) is 0 Å². The molecule has 0 saturated heterocycles. The zero-order valence-electron chi connectivity index (χ0n) is 9.13. The van der Waals surface area contributed by atoms with Gasteiger partial charge < -0.3 is 10.1 Å². The summed E-state index contributed by atoms with van der Waals surface area (Å²) in [5.74, 6) is 0.885. The minimum atomic E-state index is -0.244. The van der Waals surface area contributed by atoms with Gasteiger partial charge in [-0.05, 0) is 43.6 Å².